The van der Waals surface area contributed by atoms with E-state index in [1.165, 1.54) is 0 Å². The van der Waals surface area contributed by atoms with E-state index in [1.807, 2.05) is 12.4 Å². The Hall–Kier alpha value is -0.910. The van der Waals surface area contributed by atoms with E-state index in [1.54, 1.807) is 0 Å². The summed E-state index contributed by atoms with van der Waals surface area (Å²) in [5.74, 6) is 1.15. The summed E-state index contributed by atoms with van der Waals surface area (Å²) in [7, 11) is 8.54. The van der Waals surface area contributed by atoms with Crippen molar-refractivity contribution in [2.24, 2.45) is 7.05 Å². The van der Waals surface area contributed by atoms with Crippen LogP contribution in [-0.4, -0.2) is 72.2 Å². The number of imidazole rings is 1. The third kappa shape index (κ3) is 2.91. The number of aromatic nitrogens is 2. The molecule has 0 aromatic carbocycles. The van der Waals surface area contributed by atoms with E-state index in [2.05, 4.69) is 52.9 Å². The minimum absolute atomic E-state index is 0.443. The maximum Gasteiger partial charge on any atom is 0.109 e. The quantitative estimate of drug-likeness (QED) is 0.804. The minimum atomic E-state index is 0.443. The topological polar surface area (TPSA) is 36.3 Å². The molecule has 5 nitrogen and oxygen atoms in total. The summed E-state index contributed by atoms with van der Waals surface area (Å²) in [5, 5.41) is 3.47. The third-order valence-electron chi connectivity index (χ3n) is 4.06. The number of rotatable bonds is 4. The van der Waals surface area contributed by atoms with Gasteiger partial charge in [0.15, 0.2) is 0 Å². The first kappa shape index (κ1) is 13.5. The molecule has 2 heterocycles. The summed E-state index contributed by atoms with van der Waals surface area (Å²) in [4.78, 5) is 9.31. The normalized spacial score (nSPS) is 24.3. The SMILES string of the molecule is CNC(Cc1nccn1C)C1CN(C)CCN1C. The number of hydrogen-bond acceptors (Lipinski definition) is 4. The molecule has 1 N–H and O–H groups in total. The lowest BCUT2D eigenvalue weighted by atomic mass is 10.0. The highest BCUT2D eigenvalue weighted by Crippen LogP contribution is 2.13. The molecule has 0 saturated carbocycles. The number of nitrogens with zero attached hydrogens (tertiary/aromatic N) is 4. The lowest BCUT2D eigenvalue weighted by molar-refractivity contribution is 0.0890. The minimum Gasteiger partial charge on any atom is -0.338 e. The van der Waals surface area contributed by atoms with Crippen molar-refractivity contribution in [2.45, 2.75) is 18.5 Å². The van der Waals surface area contributed by atoms with E-state index < -0.39 is 0 Å². The fourth-order valence-corrected chi connectivity index (χ4v) is 2.70. The third-order valence-corrected chi connectivity index (χ3v) is 4.06. The summed E-state index contributed by atoms with van der Waals surface area (Å²) in [6.07, 6.45) is 4.86. The van der Waals surface area contributed by atoms with Crippen LogP contribution < -0.4 is 5.32 Å². The Labute approximate surface area is 110 Å². The molecular formula is C13H25N5. The van der Waals surface area contributed by atoms with Crippen LogP contribution in [0.1, 0.15) is 5.82 Å². The first-order valence-corrected chi connectivity index (χ1v) is 6.64. The molecule has 1 aromatic heterocycles. The molecule has 2 rings (SSSR count). The van der Waals surface area contributed by atoms with Crippen LogP contribution >= 0.6 is 0 Å². The van der Waals surface area contributed by atoms with E-state index in [0.717, 1.165) is 31.9 Å². The highest BCUT2D eigenvalue weighted by Gasteiger charge is 2.29. The maximum atomic E-state index is 4.43. The lowest BCUT2D eigenvalue weighted by Crippen LogP contribution is -2.58. The highest BCUT2D eigenvalue weighted by molar-refractivity contribution is 4.99. The van der Waals surface area contributed by atoms with Gasteiger partial charge in [-0.05, 0) is 21.1 Å². The van der Waals surface area contributed by atoms with Crippen molar-refractivity contribution in [1.82, 2.24) is 24.7 Å². The van der Waals surface area contributed by atoms with Crippen molar-refractivity contribution >= 4 is 0 Å². The van der Waals surface area contributed by atoms with Gasteiger partial charge in [0.1, 0.15) is 5.82 Å². The van der Waals surface area contributed by atoms with Gasteiger partial charge in [0, 0.05) is 57.6 Å². The van der Waals surface area contributed by atoms with Gasteiger partial charge in [0.2, 0.25) is 0 Å². The van der Waals surface area contributed by atoms with Crippen molar-refractivity contribution in [1.29, 1.82) is 0 Å². The smallest absolute Gasteiger partial charge is 0.109 e. The monoisotopic (exact) mass is 251 g/mol. The lowest BCUT2D eigenvalue weighted by Gasteiger charge is -2.41. The van der Waals surface area contributed by atoms with Gasteiger partial charge in [-0.15, -0.1) is 0 Å². The molecule has 18 heavy (non-hydrogen) atoms. The average Bonchev–Trinajstić information content (AvgIpc) is 2.75. The van der Waals surface area contributed by atoms with Gasteiger partial charge in [-0.25, -0.2) is 4.98 Å². The summed E-state index contributed by atoms with van der Waals surface area (Å²) < 4.78 is 2.11. The predicted octanol–water partition coefficient (Wildman–Crippen LogP) is -0.204. The van der Waals surface area contributed by atoms with Gasteiger partial charge in [0.05, 0.1) is 0 Å². The molecule has 0 amide bonds. The number of nitrogens with one attached hydrogen (secondary N) is 1. The molecule has 2 unspecified atom stereocenters. The van der Waals surface area contributed by atoms with Crippen LogP contribution in [0.25, 0.3) is 0 Å². The molecular weight excluding hydrogens is 226 g/mol. The molecule has 1 aliphatic rings. The Morgan fingerprint density at radius 2 is 2.17 bits per heavy atom. The standard InChI is InChI=1S/C13H25N5/c1-14-11(9-13-15-5-6-18(13)4)12-10-16(2)7-8-17(12)3/h5-6,11-12,14H,7-10H2,1-4H3. The molecule has 0 radical (unpaired) electrons. The number of hydrogen-bond donors (Lipinski definition) is 1. The second-order valence-corrected chi connectivity index (χ2v) is 5.36. The van der Waals surface area contributed by atoms with E-state index in [9.17, 15) is 0 Å². The summed E-state index contributed by atoms with van der Waals surface area (Å²) in [6, 6.07) is 0.990. The van der Waals surface area contributed by atoms with Gasteiger partial charge < -0.3 is 14.8 Å². The predicted molar refractivity (Wildman–Crippen MR) is 73.7 cm³/mol. The Morgan fingerprint density at radius 3 is 2.78 bits per heavy atom. The zero-order valence-electron chi connectivity index (χ0n) is 11.9. The van der Waals surface area contributed by atoms with Crippen molar-refractivity contribution in [3.05, 3.63) is 18.2 Å². The molecule has 1 saturated heterocycles. The number of piperazine rings is 1. The first-order valence-electron chi connectivity index (χ1n) is 6.64. The van der Waals surface area contributed by atoms with Crippen LogP contribution in [0.15, 0.2) is 12.4 Å². The van der Waals surface area contributed by atoms with E-state index in [4.69, 9.17) is 0 Å². The first-order chi connectivity index (χ1) is 8.61. The summed E-state index contributed by atoms with van der Waals surface area (Å²) in [5.41, 5.74) is 0. The van der Waals surface area contributed by atoms with Gasteiger partial charge in [0.25, 0.3) is 0 Å². The fraction of sp³-hybridized carbons (Fsp3) is 0.769. The molecule has 0 spiro atoms. The fourth-order valence-electron chi connectivity index (χ4n) is 2.70. The average molecular weight is 251 g/mol. The molecule has 0 aliphatic carbocycles. The zero-order valence-corrected chi connectivity index (χ0v) is 11.9. The van der Waals surface area contributed by atoms with Crippen molar-refractivity contribution < 1.29 is 0 Å². The van der Waals surface area contributed by atoms with E-state index in [-0.39, 0.29) is 0 Å². The van der Waals surface area contributed by atoms with Crippen LogP contribution in [0, 0.1) is 0 Å². The summed E-state index contributed by atoms with van der Waals surface area (Å²) >= 11 is 0. The highest BCUT2D eigenvalue weighted by atomic mass is 15.3. The number of likely N-dealkylation sites (N-methyl/N-ethyl adjacent to an activating group) is 3. The maximum absolute atomic E-state index is 4.43. The van der Waals surface area contributed by atoms with Crippen LogP contribution in [0.2, 0.25) is 0 Å². The molecule has 2 atom stereocenters. The van der Waals surface area contributed by atoms with Gasteiger partial charge in [-0.1, -0.05) is 0 Å². The molecule has 1 aromatic rings. The van der Waals surface area contributed by atoms with Crippen molar-refractivity contribution in [3.63, 3.8) is 0 Å². The van der Waals surface area contributed by atoms with Crippen LogP contribution in [0.3, 0.4) is 0 Å². The van der Waals surface area contributed by atoms with Crippen molar-refractivity contribution in [2.75, 3.05) is 40.8 Å². The Balaban J connectivity index is 2.05. The molecule has 1 fully saturated rings. The number of aryl methyl sites for hydroxylation is 1. The van der Waals surface area contributed by atoms with Gasteiger partial charge >= 0.3 is 0 Å². The van der Waals surface area contributed by atoms with Crippen LogP contribution in [-0.2, 0) is 13.5 Å². The molecule has 102 valence electrons. The molecule has 5 heteroatoms. The van der Waals surface area contributed by atoms with Gasteiger partial charge in [-0.3, -0.25) is 4.90 Å². The Morgan fingerprint density at radius 1 is 1.39 bits per heavy atom. The Bertz CT molecular complexity index is 375. The zero-order chi connectivity index (χ0) is 13.1. The van der Waals surface area contributed by atoms with E-state index >= 15 is 0 Å². The Kier molecular flexibility index (Phi) is 4.37. The second kappa shape index (κ2) is 5.82. The van der Waals surface area contributed by atoms with Crippen molar-refractivity contribution in [3.8, 4) is 0 Å². The summed E-state index contributed by atoms with van der Waals surface area (Å²) in [6.45, 7) is 3.41. The van der Waals surface area contributed by atoms with E-state index in [0.29, 0.717) is 12.1 Å². The van der Waals surface area contributed by atoms with Crippen LogP contribution in [0.4, 0.5) is 0 Å². The van der Waals surface area contributed by atoms with Crippen LogP contribution in [0.5, 0.6) is 0 Å². The second-order valence-electron chi connectivity index (χ2n) is 5.36. The molecule has 0 bridgehead atoms. The van der Waals surface area contributed by atoms with Gasteiger partial charge in [-0.2, -0.15) is 0 Å². The largest absolute Gasteiger partial charge is 0.338 e. The molecule has 1 aliphatic heterocycles.